The number of hydrogen-bond donors (Lipinski definition) is 1. The molecule has 7 atom stereocenters. The van der Waals surface area contributed by atoms with Gasteiger partial charge < -0.3 is 9.84 Å². The SMILES string of the molecule is CC(=O)OC/C=C1/CC[C@@H]2[C@@H]3CCC4=CC(=O)[C@H](C)C[C@]4(C)[C@@H]3[C@H](O)C[C@]12C. The van der Waals surface area contributed by atoms with E-state index in [1.165, 1.54) is 18.1 Å². The topological polar surface area (TPSA) is 63.6 Å². The fourth-order valence-corrected chi connectivity index (χ4v) is 7.47. The number of hydrogen-bond acceptors (Lipinski definition) is 4. The molecule has 4 nitrogen and oxygen atoms in total. The number of allylic oxidation sites excluding steroid dienone is 2. The molecule has 28 heavy (non-hydrogen) atoms. The Morgan fingerprint density at radius 3 is 2.71 bits per heavy atom. The van der Waals surface area contributed by atoms with Crippen molar-refractivity contribution in [3.05, 3.63) is 23.3 Å². The van der Waals surface area contributed by atoms with E-state index in [9.17, 15) is 14.7 Å². The van der Waals surface area contributed by atoms with Crippen molar-refractivity contribution >= 4 is 11.8 Å². The van der Waals surface area contributed by atoms with Crippen LogP contribution in [0.2, 0.25) is 0 Å². The molecular formula is C24H34O4. The molecule has 3 saturated carbocycles. The molecule has 1 N–H and O–H groups in total. The minimum atomic E-state index is -0.351. The van der Waals surface area contributed by atoms with Crippen molar-refractivity contribution in [1.29, 1.82) is 0 Å². The first-order valence-electron chi connectivity index (χ1n) is 10.9. The normalized spacial score (nSPS) is 46.5. The second-order valence-electron chi connectivity index (χ2n) is 10.2. The van der Waals surface area contributed by atoms with Crippen molar-refractivity contribution in [2.24, 2.45) is 34.5 Å². The summed E-state index contributed by atoms with van der Waals surface area (Å²) in [6.07, 6.45) is 9.53. The highest BCUT2D eigenvalue weighted by Gasteiger charge is 2.61. The number of carbonyl (C=O) groups is 2. The molecule has 4 rings (SSSR count). The Bertz CT molecular complexity index is 750. The summed E-state index contributed by atoms with van der Waals surface area (Å²) in [5, 5.41) is 11.4. The third-order valence-corrected chi connectivity index (χ3v) is 8.67. The van der Waals surface area contributed by atoms with Crippen LogP contribution in [0.4, 0.5) is 0 Å². The first-order chi connectivity index (χ1) is 13.2. The van der Waals surface area contributed by atoms with Gasteiger partial charge in [-0.3, -0.25) is 9.59 Å². The molecule has 0 heterocycles. The van der Waals surface area contributed by atoms with Crippen LogP contribution >= 0.6 is 0 Å². The predicted molar refractivity (Wildman–Crippen MR) is 107 cm³/mol. The molecule has 4 aliphatic carbocycles. The number of ether oxygens (including phenoxy) is 1. The highest BCUT2D eigenvalue weighted by atomic mass is 16.5. The second-order valence-corrected chi connectivity index (χ2v) is 10.2. The summed E-state index contributed by atoms with van der Waals surface area (Å²) in [7, 11) is 0. The van der Waals surface area contributed by atoms with E-state index in [0.717, 1.165) is 38.5 Å². The van der Waals surface area contributed by atoms with Gasteiger partial charge in [0, 0.05) is 12.8 Å². The molecule has 154 valence electrons. The number of rotatable bonds is 2. The monoisotopic (exact) mass is 386 g/mol. The van der Waals surface area contributed by atoms with Gasteiger partial charge in [0.15, 0.2) is 5.78 Å². The first kappa shape index (κ1) is 19.9. The highest BCUT2D eigenvalue weighted by molar-refractivity contribution is 5.93. The lowest BCUT2D eigenvalue weighted by atomic mass is 9.46. The average Bonchev–Trinajstić information content (AvgIpc) is 2.92. The van der Waals surface area contributed by atoms with Crippen LogP contribution in [-0.4, -0.2) is 29.6 Å². The lowest BCUT2D eigenvalue weighted by molar-refractivity contribution is -0.139. The molecule has 0 unspecified atom stereocenters. The van der Waals surface area contributed by atoms with Gasteiger partial charge in [-0.25, -0.2) is 0 Å². The predicted octanol–water partition coefficient (Wildman–Crippen LogP) is 4.22. The van der Waals surface area contributed by atoms with Crippen molar-refractivity contribution in [3.8, 4) is 0 Å². The second kappa shape index (κ2) is 6.83. The molecule has 0 amide bonds. The van der Waals surface area contributed by atoms with E-state index in [2.05, 4.69) is 19.9 Å². The standard InChI is InChI=1S/C24H34O4/c1-14-12-24(4)17(11-20(14)26)5-7-18-19-8-6-16(9-10-28-15(2)25)23(19,3)13-21(27)22(18)24/h9,11,14,18-19,21-22,27H,5-8,10,12-13H2,1-4H3/b16-9-/t14-,18+,19-,21-,22+,23-,24+/m1/s1. The summed E-state index contributed by atoms with van der Waals surface area (Å²) >= 11 is 0. The summed E-state index contributed by atoms with van der Waals surface area (Å²) < 4.78 is 5.15. The van der Waals surface area contributed by atoms with E-state index in [1.807, 2.05) is 13.0 Å². The molecule has 4 heteroatoms. The quantitative estimate of drug-likeness (QED) is 0.570. The van der Waals surface area contributed by atoms with Gasteiger partial charge in [0.2, 0.25) is 0 Å². The lowest BCUT2D eigenvalue weighted by Crippen LogP contribution is -2.56. The Labute approximate surface area is 168 Å². The number of aliphatic hydroxyl groups is 1. The fourth-order valence-electron chi connectivity index (χ4n) is 7.47. The van der Waals surface area contributed by atoms with Gasteiger partial charge in [-0.2, -0.15) is 0 Å². The van der Waals surface area contributed by atoms with Crippen LogP contribution < -0.4 is 0 Å². The number of esters is 1. The summed E-state index contributed by atoms with van der Waals surface area (Å²) in [5.41, 5.74) is 2.58. The van der Waals surface area contributed by atoms with Gasteiger partial charge in [0.25, 0.3) is 0 Å². The van der Waals surface area contributed by atoms with Gasteiger partial charge in [0.1, 0.15) is 6.61 Å². The number of aliphatic hydroxyl groups excluding tert-OH is 1. The van der Waals surface area contributed by atoms with Crippen LogP contribution in [0, 0.1) is 34.5 Å². The minimum Gasteiger partial charge on any atom is -0.462 e. The van der Waals surface area contributed by atoms with E-state index in [1.54, 1.807) is 0 Å². The Kier molecular flexibility index (Phi) is 4.85. The largest absolute Gasteiger partial charge is 0.462 e. The van der Waals surface area contributed by atoms with Crippen LogP contribution in [0.5, 0.6) is 0 Å². The van der Waals surface area contributed by atoms with Crippen LogP contribution in [-0.2, 0) is 14.3 Å². The number of fused-ring (bicyclic) bond motifs is 5. The smallest absolute Gasteiger partial charge is 0.302 e. The molecule has 0 aromatic rings. The number of carbonyl (C=O) groups excluding carboxylic acids is 2. The van der Waals surface area contributed by atoms with Crippen molar-refractivity contribution in [2.75, 3.05) is 6.61 Å². The Balaban J connectivity index is 1.64. The van der Waals surface area contributed by atoms with E-state index >= 15 is 0 Å². The molecule has 0 spiro atoms. The van der Waals surface area contributed by atoms with Gasteiger partial charge in [-0.05, 0) is 79.3 Å². The third kappa shape index (κ3) is 2.91. The molecule has 0 saturated heterocycles. The zero-order valence-electron chi connectivity index (χ0n) is 17.7. The van der Waals surface area contributed by atoms with Gasteiger partial charge in [0.05, 0.1) is 6.10 Å². The zero-order valence-corrected chi connectivity index (χ0v) is 17.7. The van der Waals surface area contributed by atoms with E-state index < -0.39 is 0 Å². The minimum absolute atomic E-state index is 0.00554. The Morgan fingerprint density at radius 1 is 1.25 bits per heavy atom. The van der Waals surface area contributed by atoms with Gasteiger partial charge >= 0.3 is 5.97 Å². The van der Waals surface area contributed by atoms with Gasteiger partial charge in [-0.15, -0.1) is 0 Å². The Hall–Kier alpha value is -1.42. The van der Waals surface area contributed by atoms with Crippen molar-refractivity contribution in [1.82, 2.24) is 0 Å². The van der Waals surface area contributed by atoms with E-state index in [-0.39, 0.29) is 40.5 Å². The molecule has 0 aromatic carbocycles. The van der Waals surface area contributed by atoms with E-state index in [0.29, 0.717) is 18.4 Å². The van der Waals surface area contributed by atoms with Crippen molar-refractivity contribution < 1.29 is 19.4 Å². The van der Waals surface area contributed by atoms with Crippen molar-refractivity contribution in [3.63, 3.8) is 0 Å². The maximum atomic E-state index is 12.3. The summed E-state index contributed by atoms with van der Waals surface area (Å²) in [6, 6.07) is 0. The molecule has 3 fully saturated rings. The van der Waals surface area contributed by atoms with Crippen LogP contribution in [0.1, 0.15) is 66.2 Å². The van der Waals surface area contributed by atoms with Crippen LogP contribution in [0.25, 0.3) is 0 Å². The molecular weight excluding hydrogens is 352 g/mol. The maximum absolute atomic E-state index is 12.3. The van der Waals surface area contributed by atoms with Crippen LogP contribution in [0.15, 0.2) is 23.3 Å². The Morgan fingerprint density at radius 2 is 2.00 bits per heavy atom. The highest BCUT2D eigenvalue weighted by Crippen LogP contribution is 2.66. The molecule has 0 aromatic heterocycles. The third-order valence-electron chi connectivity index (χ3n) is 8.67. The molecule has 4 aliphatic rings. The van der Waals surface area contributed by atoms with E-state index in [4.69, 9.17) is 4.74 Å². The average molecular weight is 387 g/mol. The summed E-state index contributed by atoms with van der Waals surface area (Å²) in [4.78, 5) is 23.4. The molecule has 0 radical (unpaired) electrons. The first-order valence-corrected chi connectivity index (χ1v) is 10.9. The number of ketones is 1. The van der Waals surface area contributed by atoms with Crippen LogP contribution in [0.3, 0.4) is 0 Å². The molecule has 0 bridgehead atoms. The molecule has 0 aliphatic heterocycles. The van der Waals surface area contributed by atoms with Crippen molar-refractivity contribution in [2.45, 2.75) is 72.3 Å². The fraction of sp³-hybridized carbons (Fsp3) is 0.750. The zero-order chi connectivity index (χ0) is 20.3. The maximum Gasteiger partial charge on any atom is 0.302 e. The summed E-state index contributed by atoms with van der Waals surface area (Å²) in [6.45, 7) is 8.42. The lowest BCUT2D eigenvalue weighted by Gasteiger charge is -2.59. The van der Waals surface area contributed by atoms with Gasteiger partial charge in [-0.1, -0.05) is 31.9 Å². The summed E-state index contributed by atoms with van der Waals surface area (Å²) in [5.74, 6) is 1.37.